The van der Waals surface area contributed by atoms with E-state index in [2.05, 4.69) is 6.58 Å². The quantitative estimate of drug-likeness (QED) is 0.0113. The molecule has 3 atom stereocenters. The Bertz CT molecular complexity index is 3790. The van der Waals surface area contributed by atoms with Gasteiger partial charge in [-0.2, -0.15) is 0 Å². The lowest BCUT2D eigenvalue weighted by molar-refractivity contribution is -0.526. The zero-order valence-corrected chi connectivity index (χ0v) is 57.8. The van der Waals surface area contributed by atoms with Crippen LogP contribution in [0.25, 0.3) is 0 Å². The lowest BCUT2D eigenvalue weighted by Gasteiger charge is -2.21. The number of carbonyl (C=O) groups excluding carboxylic acids is 8. The van der Waals surface area contributed by atoms with Crippen molar-refractivity contribution in [1.82, 2.24) is 0 Å². The van der Waals surface area contributed by atoms with E-state index in [1.165, 1.54) is 0 Å². The van der Waals surface area contributed by atoms with Crippen LogP contribution < -0.4 is 0 Å². The van der Waals surface area contributed by atoms with E-state index >= 15 is 0 Å². The van der Waals surface area contributed by atoms with Crippen molar-refractivity contribution in [2.75, 3.05) is 6.54 Å². The van der Waals surface area contributed by atoms with Crippen LogP contribution in [-0.2, 0) is 129 Å². The summed E-state index contributed by atoms with van der Waals surface area (Å²) in [7, 11) is 0. The standard InChI is InChI=1S/C41H43NO10.C21H23NO6.C20H20O4/c43-38(49-27-31-13-5-1-6-14-31)23-21-35(40(45)51-29-33-17-9-3-10-18-33)25-37(42(47)48)26-36(41(46)52-30-34-19-11-4-12-20-34)22-24-39(44)50-28-32-15-7-2-8-16-32;23-20(27-15-17-7-3-1-4-8-17)12-11-19(13-14-22(25)26)21(24)28-16-18-9-5-2-6-10-18;1-16(20(22)24-15-18-10-6-3-7-11-18)12-13-19(21)23-14-17-8-4-2-5-9-17/h1-20,35-37H,21-30H2;1-10,19H,11-16H2;2-11H,1,12-15H2. The Hall–Kier alpha value is -11.9. The highest BCUT2D eigenvalue weighted by molar-refractivity contribution is 5.88. The number of esters is 8. The smallest absolute Gasteiger partial charge is 0.333 e. The highest BCUT2D eigenvalue weighted by Crippen LogP contribution is 2.27. The van der Waals surface area contributed by atoms with E-state index in [0.29, 0.717) is 0 Å². The molecular formula is C82H86N2O20. The fourth-order valence-electron chi connectivity index (χ4n) is 10.1. The Kier molecular flexibility index (Phi) is 36.8. The molecule has 0 aromatic heterocycles. The predicted molar refractivity (Wildman–Crippen MR) is 383 cm³/mol. The van der Waals surface area contributed by atoms with Crippen molar-refractivity contribution < 1.29 is 86.1 Å². The van der Waals surface area contributed by atoms with Crippen LogP contribution in [0, 0.1) is 38.0 Å². The number of nitrogens with zero attached hydrogens (tertiary/aromatic N) is 2. The molecule has 0 saturated heterocycles. The molecule has 8 aromatic carbocycles. The van der Waals surface area contributed by atoms with Gasteiger partial charge in [0.1, 0.15) is 52.9 Å². The highest BCUT2D eigenvalue weighted by atomic mass is 16.6. The molecule has 0 heterocycles. The van der Waals surface area contributed by atoms with Gasteiger partial charge < -0.3 is 37.9 Å². The van der Waals surface area contributed by atoms with Crippen LogP contribution in [0.2, 0.25) is 0 Å². The van der Waals surface area contributed by atoms with Gasteiger partial charge >= 0.3 is 47.8 Å². The third kappa shape index (κ3) is 33.9. The Morgan fingerprint density at radius 2 is 0.529 bits per heavy atom. The van der Waals surface area contributed by atoms with Crippen LogP contribution >= 0.6 is 0 Å². The van der Waals surface area contributed by atoms with Crippen LogP contribution in [0.5, 0.6) is 0 Å². The molecule has 0 bridgehead atoms. The molecule has 0 amide bonds. The van der Waals surface area contributed by atoms with Crippen molar-refractivity contribution in [2.24, 2.45) is 17.8 Å². The van der Waals surface area contributed by atoms with Crippen molar-refractivity contribution in [1.29, 1.82) is 0 Å². The number of carbonyl (C=O) groups is 8. The Balaban J connectivity index is 0.000000273. The van der Waals surface area contributed by atoms with E-state index in [-0.39, 0.29) is 142 Å². The molecule has 0 spiro atoms. The van der Waals surface area contributed by atoms with Crippen LogP contribution in [-0.4, -0.2) is 70.2 Å². The van der Waals surface area contributed by atoms with Crippen molar-refractivity contribution in [2.45, 2.75) is 130 Å². The summed E-state index contributed by atoms with van der Waals surface area (Å²) in [6.07, 6.45) is -0.636. The average molecular weight is 1420 g/mol. The number of benzene rings is 8. The summed E-state index contributed by atoms with van der Waals surface area (Å²) in [5.41, 5.74) is 6.81. The van der Waals surface area contributed by atoms with E-state index in [1.54, 1.807) is 48.5 Å². The second-order valence-corrected chi connectivity index (χ2v) is 24.0. The van der Waals surface area contributed by atoms with Crippen LogP contribution in [0.3, 0.4) is 0 Å². The van der Waals surface area contributed by atoms with Crippen molar-refractivity contribution in [3.05, 3.63) is 320 Å². The summed E-state index contributed by atoms with van der Waals surface area (Å²) in [4.78, 5) is 122. The highest BCUT2D eigenvalue weighted by Gasteiger charge is 2.36. The molecule has 8 aromatic rings. The van der Waals surface area contributed by atoms with Gasteiger partial charge in [0.25, 0.3) is 0 Å². The Morgan fingerprint density at radius 1 is 0.298 bits per heavy atom. The fraction of sp³-hybridized carbons (Fsp3) is 0.293. The zero-order valence-electron chi connectivity index (χ0n) is 57.8. The van der Waals surface area contributed by atoms with Gasteiger partial charge in [-0.15, -0.1) is 0 Å². The minimum atomic E-state index is -1.40. The first-order valence-electron chi connectivity index (χ1n) is 34.0. The van der Waals surface area contributed by atoms with Gasteiger partial charge in [0.15, 0.2) is 0 Å². The molecule has 8 rings (SSSR count). The van der Waals surface area contributed by atoms with Crippen molar-refractivity contribution in [3.63, 3.8) is 0 Å². The second-order valence-electron chi connectivity index (χ2n) is 24.0. The van der Waals surface area contributed by atoms with Gasteiger partial charge in [0.05, 0.1) is 17.8 Å². The molecule has 0 saturated carbocycles. The molecule has 0 aliphatic carbocycles. The van der Waals surface area contributed by atoms with Crippen molar-refractivity contribution >= 4 is 47.8 Å². The van der Waals surface area contributed by atoms with E-state index in [1.807, 2.05) is 194 Å². The lowest BCUT2D eigenvalue weighted by Crippen LogP contribution is -2.33. The zero-order chi connectivity index (χ0) is 74.4. The second kappa shape index (κ2) is 47.2. The van der Waals surface area contributed by atoms with Gasteiger partial charge in [0, 0.05) is 60.4 Å². The maximum absolute atomic E-state index is 13.4. The predicted octanol–water partition coefficient (Wildman–Crippen LogP) is 14.5. The molecular weight excluding hydrogens is 1330 g/mol. The molecule has 0 aliphatic heterocycles. The SMILES string of the molecule is C=C(CCC(=O)OCc1ccccc1)C(=O)OCc1ccccc1.O=C(CCC(CC(CC(CCC(=O)OCc1ccccc1)C(=O)OCc1ccccc1)[N+](=O)[O-])C(=O)OCc1ccccc1)OCc1ccccc1.O=C(CCC(CC[N+](=O)[O-])C(=O)OCc1ccccc1)OCc1ccccc1. The van der Waals surface area contributed by atoms with Gasteiger partial charge in [-0.25, -0.2) is 4.79 Å². The Morgan fingerprint density at radius 3 is 0.788 bits per heavy atom. The Labute approximate surface area is 604 Å². The van der Waals surface area contributed by atoms with E-state index in [0.717, 1.165) is 44.5 Å². The third-order valence-electron chi connectivity index (χ3n) is 15.9. The first-order chi connectivity index (χ1) is 50.5. The molecule has 22 heteroatoms. The van der Waals surface area contributed by atoms with Gasteiger partial charge in [-0.3, -0.25) is 53.8 Å². The summed E-state index contributed by atoms with van der Waals surface area (Å²) >= 11 is 0. The van der Waals surface area contributed by atoms with Crippen LogP contribution in [0.4, 0.5) is 0 Å². The van der Waals surface area contributed by atoms with E-state index < -0.39 is 75.4 Å². The summed E-state index contributed by atoms with van der Waals surface area (Å²) < 4.78 is 42.6. The first-order valence-corrected chi connectivity index (χ1v) is 34.0. The molecule has 0 aliphatic rings. The van der Waals surface area contributed by atoms with Gasteiger partial charge in [-0.1, -0.05) is 249 Å². The molecule has 0 fully saturated rings. The molecule has 22 nitrogen and oxygen atoms in total. The topological polar surface area (TPSA) is 297 Å². The average Bonchev–Trinajstić information content (AvgIpc) is 0.867. The maximum atomic E-state index is 13.4. The summed E-state index contributed by atoms with van der Waals surface area (Å²) in [6.45, 7) is 3.95. The van der Waals surface area contributed by atoms with E-state index in [9.17, 15) is 58.6 Å². The van der Waals surface area contributed by atoms with Crippen LogP contribution in [0.1, 0.15) is 115 Å². The largest absolute Gasteiger partial charge is 0.461 e. The third-order valence-corrected chi connectivity index (χ3v) is 15.9. The maximum Gasteiger partial charge on any atom is 0.333 e. The van der Waals surface area contributed by atoms with Gasteiger partial charge in [0.2, 0.25) is 12.6 Å². The number of hydrogen-bond donors (Lipinski definition) is 0. The van der Waals surface area contributed by atoms with E-state index in [4.69, 9.17) is 37.9 Å². The van der Waals surface area contributed by atoms with Crippen molar-refractivity contribution in [3.8, 4) is 0 Å². The molecule has 104 heavy (non-hydrogen) atoms. The molecule has 0 radical (unpaired) electrons. The fourth-order valence-corrected chi connectivity index (χ4v) is 10.1. The number of hydrogen-bond acceptors (Lipinski definition) is 20. The lowest BCUT2D eigenvalue weighted by atomic mass is 9.88. The molecule has 3 unspecified atom stereocenters. The first kappa shape index (κ1) is 81.0. The molecule has 544 valence electrons. The number of nitro groups is 2. The number of ether oxygens (including phenoxy) is 8. The molecule has 0 N–H and O–H groups in total. The monoisotopic (exact) mass is 1420 g/mol. The summed E-state index contributed by atoms with van der Waals surface area (Å²) in [6, 6.07) is 71.9. The number of rotatable bonds is 40. The summed E-state index contributed by atoms with van der Waals surface area (Å²) in [5, 5.41) is 23.2. The minimum Gasteiger partial charge on any atom is -0.461 e. The normalized spacial score (nSPS) is 11.6. The van der Waals surface area contributed by atoms with Crippen LogP contribution in [0.15, 0.2) is 255 Å². The summed E-state index contributed by atoms with van der Waals surface area (Å²) in [5.74, 6) is -7.24. The minimum absolute atomic E-state index is 0.00431. The van der Waals surface area contributed by atoms with Gasteiger partial charge in [-0.05, 0) is 70.2 Å².